The highest BCUT2D eigenvalue weighted by Crippen LogP contribution is 2.22. The summed E-state index contributed by atoms with van der Waals surface area (Å²) in [4.78, 5) is 23.4. The van der Waals surface area contributed by atoms with Gasteiger partial charge in [0.05, 0.1) is 13.1 Å². The molecule has 0 saturated heterocycles. The van der Waals surface area contributed by atoms with Crippen molar-refractivity contribution in [2.24, 2.45) is 16.2 Å². The Morgan fingerprint density at radius 1 is 0.694 bits per heavy atom. The lowest BCUT2D eigenvalue weighted by molar-refractivity contribution is -0.121. The van der Waals surface area contributed by atoms with Crippen LogP contribution in [0.15, 0.2) is 24.3 Å². The molecule has 0 spiro atoms. The largest absolute Gasteiger partial charge is 0.345 e. The first-order valence-electron chi connectivity index (χ1n) is 12.9. The van der Waals surface area contributed by atoms with E-state index < -0.39 is 0 Å². The maximum Gasteiger partial charge on any atom is 0.252 e. The first-order chi connectivity index (χ1) is 16.2. The average Bonchev–Trinajstić information content (AvgIpc) is 2.71. The molecule has 200 valence electrons. The zero-order valence-corrected chi connectivity index (χ0v) is 25.0. The molecular formula is C32H50N2O2. The molecule has 0 heterocycles. The zero-order chi connectivity index (χ0) is 28.2. The molecule has 4 nitrogen and oxygen atoms in total. The van der Waals surface area contributed by atoms with Gasteiger partial charge in [0, 0.05) is 22.8 Å². The van der Waals surface area contributed by atoms with Gasteiger partial charge in [-0.25, -0.2) is 0 Å². The summed E-state index contributed by atoms with van der Waals surface area (Å²) in [6.07, 6.45) is 1.49. The fourth-order valence-electron chi connectivity index (χ4n) is 2.69. The van der Waals surface area contributed by atoms with Crippen molar-refractivity contribution in [2.75, 3.05) is 13.1 Å². The van der Waals surface area contributed by atoms with E-state index in [9.17, 15) is 9.59 Å². The van der Waals surface area contributed by atoms with E-state index in [0.717, 1.165) is 6.42 Å². The third kappa shape index (κ3) is 18.6. The minimum atomic E-state index is -0.0753. The Balaban J connectivity index is 0.000000700. The summed E-state index contributed by atoms with van der Waals surface area (Å²) in [5, 5.41) is 5.63. The van der Waals surface area contributed by atoms with Crippen LogP contribution in [0.2, 0.25) is 0 Å². The second-order valence-corrected chi connectivity index (χ2v) is 13.5. The Labute approximate surface area is 221 Å². The Morgan fingerprint density at radius 3 is 1.53 bits per heavy atom. The number of carbonyl (C=O) groups is 2. The molecule has 0 saturated carbocycles. The molecule has 4 heteroatoms. The maximum absolute atomic E-state index is 12.0. The summed E-state index contributed by atoms with van der Waals surface area (Å²) >= 11 is 0. The summed E-state index contributed by atoms with van der Waals surface area (Å²) < 4.78 is 0. The quantitative estimate of drug-likeness (QED) is 0.445. The van der Waals surface area contributed by atoms with Gasteiger partial charge in [-0.15, -0.1) is 0 Å². The van der Waals surface area contributed by atoms with Crippen molar-refractivity contribution in [1.82, 2.24) is 10.6 Å². The third-order valence-electron chi connectivity index (χ3n) is 4.75. The molecule has 2 amide bonds. The molecule has 1 rings (SSSR count). The lowest BCUT2D eigenvalue weighted by Gasteiger charge is -2.18. The summed E-state index contributed by atoms with van der Waals surface area (Å²) in [6.45, 7) is 26.0. The highest BCUT2D eigenvalue weighted by Gasteiger charge is 2.14. The zero-order valence-electron chi connectivity index (χ0n) is 25.0. The summed E-state index contributed by atoms with van der Waals surface area (Å²) in [6, 6.07) is 7.76. The number of hydrogen-bond donors (Lipinski definition) is 2. The molecule has 36 heavy (non-hydrogen) atoms. The van der Waals surface area contributed by atoms with Crippen LogP contribution in [0.4, 0.5) is 0 Å². The second-order valence-electron chi connectivity index (χ2n) is 13.5. The molecule has 0 fully saturated rings. The van der Waals surface area contributed by atoms with E-state index in [-0.39, 0.29) is 33.5 Å². The topological polar surface area (TPSA) is 58.2 Å². The SMILES string of the molecule is CC(C)(C)C#CCNC(=O)CCC(C)(C)C.CC(C)(C)C#CCNC(=O)c1ccc(C(C)(C)C)cc1. The Morgan fingerprint density at radius 2 is 1.14 bits per heavy atom. The van der Waals surface area contributed by atoms with Crippen LogP contribution in [-0.2, 0) is 10.2 Å². The number of rotatable bonds is 5. The fraction of sp³-hybridized carbons (Fsp3) is 0.625. The predicted molar refractivity (Wildman–Crippen MR) is 154 cm³/mol. The van der Waals surface area contributed by atoms with Crippen LogP contribution >= 0.6 is 0 Å². The summed E-state index contributed by atoms with van der Waals surface area (Å²) in [5.41, 5.74) is 2.20. The smallest absolute Gasteiger partial charge is 0.252 e. The first-order valence-corrected chi connectivity index (χ1v) is 12.9. The highest BCUT2D eigenvalue weighted by atomic mass is 16.2. The van der Waals surface area contributed by atoms with Crippen LogP contribution in [-0.4, -0.2) is 24.9 Å². The lowest BCUT2D eigenvalue weighted by Crippen LogP contribution is -2.25. The van der Waals surface area contributed by atoms with Gasteiger partial charge in [-0.05, 0) is 76.5 Å². The number of amides is 2. The average molecular weight is 495 g/mol. The molecule has 0 atom stereocenters. The standard InChI is InChI=1S/C18H25NO.C14H25NO/c1-17(2,3)12-7-13-19-16(20)14-8-10-15(11-9-14)18(4,5)6;1-13(2,3)9-7-11-15-12(16)8-10-14(4,5)6/h8-11H,13H2,1-6H3,(H,19,20);8,10-11H2,1-6H3,(H,15,16). The summed E-state index contributed by atoms with van der Waals surface area (Å²) in [7, 11) is 0. The Hall–Kier alpha value is -2.72. The van der Waals surface area contributed by atoms with Gasteiger partial charge in [0.1, 0.15) is 0 Å². The Bertz CT molecular complexity index is 953. The molecule has 0 aliphatic carbocycles. The van der Waals surface area contributed by atoms with Crippen molar-refractivity contribution in [3.63, 3.8) is 0 Å². The maximum atomic E-state index is 12.0. The van der Waals surface area contributed by atoms with Gasteiger partial charge >= 0.3 is 0 Å². The minimum absolute atomic E-state index is 0.0101. The van der Waals surface area contributed by atoms with Crippen molar-refractivity contribution < 1.29 is 9.59 Å². The molecule has 1 aromatic rings. The molecule has 1 aromatic carbocycles. The second kappa shape index (κ2) is 14.1. The van der Waals surface area contributed by atoms with Gasteiger partial charge in [-0.3, -0.25) is 9.59 Å². The van der Waals surface area contributed by atoms with E-state index >= 15 is 0 Å². The van der Waals surface area contributed by atoms with Crippen molar-refractivity contribution >= 4 is 11.8 Å². The molecular weight excluding hydrogens is 444 g/mol. The summed E-state index contributed by atoms with van der Waals surface area (Å²) in [5.74, 6) is 12.1. The van der Waals surface area contributed by atoms with Crippen molar-refractivity contribution in [3.8, 4) is 23.7 Å². The van der Waals surface area contributed by atoms with E-state index in [1.54, 1.807) is 0 Å². The van der Waals surface area contributed by atoms with Crippen LogP contribution in [0, 0.1) is 39.9 Å². The van der Waals surface area contributed by atoms with E-state index in [1.807, 2.05) is 45.0 Å². The van der Waals surface area contributed by atoms with Crippen molar-refractivity contribution in [1.29, 1.82) is 0 Å². The monoisotopic (exact) mass is 494 g/mol. The van der Waals surface area contributed by atoms with Crippen LogP contribution in [0.25, 0.3) is 0 Å². The van der Waals surface area contributed by atoms with E-state index in [4.69, 9.17) is 0 Å². The van der Waals surface area contributed by atoms with Gasteiger partial charge in [0.2, 0.25) is 5.91 Å². The highest BCUT2D eigenvalue weighted by molar-refractivity contribution is 5.94. The number of hydrogen-bond acceptors (Lipinski definition) is 2. The third-order valence-corrected chi connectivity index (χ3v) is 4.75. The van der Waals surface area contributed by atoms with Gasteiger partial charge < -0.3 is 10.6 Å². The van der Waals surface area contributed by atoms with Gasteiger partial charge in [-0.2, -0.15) is 0 Å². The van der Waals surface area contributed by atoms with Crippen LogP contribution in [0.3, 0.4) is 0 Å². The van der Waals surface area contributed by atoms with Crippen molar-refractivity contribution in [3.05, 3.63) is 35.4 Å². The van der Waals surface area contributed by atoms with E-state index in [2.05, 4.69) is 96.6 Å². The molecule has 0 aliphatic rings. The van der Waals surface area contributed by atoms with Crippen molar-refractivity contribution in [2.45, 2.75) is 101 Å². The van der Waals surface area contributed by atoms with E-state index in [1.165, 1.54) is 5.56 Å². The molecule has 0 radical (unpaired) electrons. The minimum Gasteiger partial charge on any atom is -0.345 e. The molecule has 0 aromatic heterocycles. The van der Waals surface area contributed by atoms with Crippen LogP contribution in [0.1, 0.15) is 112 Å². The molecule has 0 aliphatic heterocycles. The molecule has 0 bridgehead atoms. The first kappa shape index (κ1) is 33.3. The van der Waals surface area contributed by atoms with Gasteiger partial charge in [0.25, 0.3) is 5.91 Å². The predicted octanol–water partition coefficient (Wildman–Crippen LogP) is 6.74. The van der Waals surface area contributed by atoms with Crippen LogP contribution in [0.5, 0.6) is 0 Å². The number of carbonyl (C=O) groups excluding carboxylic acids is 2. The van der Waals surface area contributed by atoms with Gasteiger partial charge in [0.15, 0.2) is 0 Å². The number of benzene rings is 1. The molecule has 2 N–H and O–H groups in total. The molecule has 0 unspecified atom stereocenters. The van der Waals surface area contributed by atoms with Gasteiger partial charge in [-0.1, -0.05) is 77.4 Å². The fourth-order valence-corrected chi connectivity index (χ4v) is 2.69. The van der Waals surface area contributed by atoms with Crippen LogP contribution < -0.4 is 10.6 Å². The lowest BCUT2D eigenvalue weighted by atomic mass is 9.87. The number of nitrogens with one attached hydrogen (secondary N) is 2. The normalized spacial score (nSPS) is 11.6. The van der Waals surface area contributed by atoms with E-state index in [0.29, 0.717) is 25.1 Å². The Kier molecular flexibility index (Phi) is 13.1.